The summed E-state index contributed by atoms with van der Waals surface area (Å²) < 4.78 is 0. The van der Waals surface area contributed by atoms with E-state index in [0.717, 1.165) is 0 Å². The SMILES string of the molecule is NC(CCCC(C(=O)O)N(c1ccccc1)[N+](=O)[O-])[N+](=O)[O-]. The lowest BCUT2D eigenvalue weighted by molar-refractivity contribution is -0.522. The third-order valence-corrected chi connectivity index (χ3v) is 3.03. The number of carbonyl (C=O) groups is 1. The topological polar surface area (TPSA) is 153 Å². The molecule has 3 N–H and O–H groups in total. The number of carboxylic acids is 1. The van der Waals surface area contributed by atoms with Crippen molar-refractivity contribution in [3.05, 3.63) is 50.6 Å². The fourth-order valence-corrected chi connectivity index (χ4v) is 1.94. The Morgan fingerprint density at radius 3 is 2.27 bits per heavy atom. The van der Waals surface area contributed by atoms with Crippen LogP contribution in [0.3, 0.4) is 0 Å². The summed E-state index contributed by atoms with van der Waals surface area (Å²) in [6, 6.07) is 6.15. The van der Waals surface area contributed by atoms with E-state index in [1.807, 2.05) is 0 Å². The highest BCUT2D eigenvalue weighted by atomic mass is 16.7. The Morgan fingerprint density at radius 1 is 1.23 bits per heavy atom. The minimum Gasteiger partial charge on any atom is -0.480 e. The second-order valence-electron chi connectivity index (χ2n) is 4.56. The number of hydrazine groups is 1. The number of anilines is 1. The fourth-order valence-electron chi connectivity index (χ4n) is 1.94. The van der Waals surface area contributed by atoms with Gasteiger partial charge in [0, 0.05) is 11.3 Å². The molecule has 2 unspecified atom stereocenters. The maximum absolute atomic E-state index is 11.3. The summed E-state index contributed by atoms with van der Waals surface area (Å²) in [5.41, 5.74) is 5.36. The molecule has 2 atom stereocenters. The zero-order chi connectivity index (χ0) is 16.7. The lowest BCUT2D eigenvalue weighted by Gasteiger charge is -2.21. The standard InChI is InChI=1S/C12H16N4O6/c13-11(15(19)20)8-4-7-10(12(17)18)14(16(21)22)9-5-2-1-3-6-9/h1-3,5-6,10-11H,4,7-8,13H2,(H,17,18). The quantitative estimate of drug-likeness (QED) is 0.387. The van der Waals surface area contributed by atoms with Crippen molar-refractivity contribution in [1.82, 2.24) is 0 Å². The molecule has 0 saturated heterocycles. The smallest absolute Gasteiger partial charge is 0.332 e. The monoisotopic (exact) mass is 312 g/mol. The molecule has 0 heterocycles. The maximum atomic E-state index is 11.3. The van der Waals surface area contributed by atoms with E-state index in [4.69, 9.17) is 5.73 Å². The Bertz CT molecular complexity index is 538. The van der Waals surface area contributed by atoms with E-state index >= 15 is 0 Å². The fraction of sp³-hybridized carbons (Fsp3) is 0.417. The van der Waals surface area contributed by atoms with Crippen LogP contribution in [-0.2, 0) is 4.79 Å². The average molecular weight is 312 g/mol. The lowest BCUT2D eigenvalue weighted by atomic mass is 10.1. The van der Waals surface area contributed by atoms with E-state index in [-0.39, 0.29) is 24.9 Å². The number of aliphatic carboxylic acids is 1. The average Bonchev–Trinajstić information content (AvgIpc) is 2.46. The van der Waals surface area contributed by atoms with E-state index in [9.17, 15) is 30.1 Å². The third kappa shape index (κ3) is 4.66. The van der Waals surface area contributed by atoms with Crippen LogP contribution in [0.4, 0.5) is 5.69 Å². The van der Waals surface area contributed by atoms with Gasteiger partial charge in [-0.05, 0) is 25.0 Å². The van der Waals surface area contributed by atoms with Gasteiger partial charge < -0.3 is 5.11 Å². The van der Waals surface area contributed by atoms with Gasteiger partial charge in [-0.2, -0.15) is 0 Å². The van der Waals surface area contributed by atoms with Crippen LogP contribution in [0, 0.1) is 20.2 Å². The second-order valence-corrected chi connectivity index (χ2v) is 4.56. The van der Waals surface area contributed by atoms with Crippen molar-refractivity contribution < 1.29 is 19.9 Å². The molecule has 0 spiro atoms. The van der Waals surface area contributed by atoms with Crippen LogP contribution in [0.25, 0.3) is 0 Å². The van der Waals surface area contributed by atoms with Gasteiger partial charge in [0.25, 0.3) is 6.17 Å². The zero-order valence-electron chi connectivity index (χ0n) is 11.6. The van der Waals surface area contributed by atoms with Crippen LogP contribution in [-0.4, -0.2) is 33.2 Å². The Morgan fingerprint density at radius 2 is 1.82 bits per heavy atom. The van der Waals surface area contributed by atoms with Crippen molar-refractivity contribution in [1.29, 1.82) is 0 Å². The van der Waals surface area contributed by atoms with E-state index in [1.54, 1.807) is 18.2 Å². The molecular weight excluding hydrogens is 296 g/mol. The Balaban J connectivity index is 2.85. The van der Waals surface area contributed by atoms with Crippen molar-refractivity contribution in [2.75, 3.05) is 5.01 Å². The van der Waals surface area contributed by atoms with Gasteiger partial charge >= 0.3 is 5.97 Å². The summed E-state index contributed by atoms with van der Waals surface area (Å²) in [6.45, 7) is 0. The van der Waals surface area contributed by atoms with E-state index < -0.39 is 28.1 Å². The number of nitrogens with zero attached hydrogens (tertiary/aromatic N) is 3. The molecule has 1 rings (SSSR count). The summed E-state index contributed by atoms with van der Waals surface area (Å²) in [7, 11) is 0. The predicted molar refractivity (Wildman–Crippen MR) is 76.2 cm³/mol. The predicted octanol–water partition coefficient (Wildman–Crippen LogP) is 0.870. The van der Waals surface area contributed by atoms with Gasteiger partial charge in [0.1, 0.15) is 5.69 Å². The first kappa shape index (κ1) is 17.3. The van der Waals surface area contributed by atoms with Gasteiger partial charge in [0.15, 0.2) is 11.1 Å². The molecule has 1 aromatic carbocycles. The molecule has 0 aromatic heterocycles. The first-order valence-corrected chi connectivity index (χ1v) is 6.45. The van der Waals surface area contributed by atoms with E-state index in [2.05, 4.69) is 0 Å². The maximum Gasteiger partial charge on any atom is 0.332 e. The molecule has 0 bridgehead atoms. The zero-order valence-corrected chi connectivity index (χ0v) is 11.6. The number of benzene rings is 1. The highest BCUT2D eigenvalue weighted by Crippen LogP contribution is 2.20. The number of hydrogen-bond acceptors (Lipinski definition) is 6. The van der Waals surface area contributed by atoms with E-state index in [0.29, 0.717) is 5.01 Å². The van der Waals surface area contributed by atoms with Gasteiger partial charge in [-0.15, -0.1) is 0 Å². The molecule has 0 aliphatic carbocycles. The van der Waals surface area contributed by atoms with Gasteiger partial charge in [0.05, 0.1) is 0 Å². The highest BCUT2D eigenvalue weighted by Gasteiger charge is 2.34. The highest BCUT2D eigenvalue weighted by molar-refractivity contribution is 5.77. The van der Waals surface area contributed by atoms with Crippen LogP contribution in [0.15, 0.2) is 30.3 Å². The Labute approximate surface area is 125 Å². The molecule has 10 heteroatoms. The third-order valence-electron chi connectivity index (χ3n) is 3.03. The molecule has 0 fully saturated rings. The summed E-state index contributed by atoms with van der Waals surface area (Å²) in [5, 5.41) is 30.6. The Hall–Kier alpha value is -2.75. The minimum absolute atomic E-state index is 0.0584. The summed E-state index contributed by atoms with van der Waals surface area (Å²) in [5.74, 6) is -1.38. The van der Waals surface area contributed by atoms with Crippen LogP contribution in [0.1, 0.15) is 19.3 Å². The van der Waals surface area contributed by atoms with Crippen molar-refractivity contribution in [3.8, 4) is 0 Å². The molecule has 120 valence electrons. The summed E-state index contributed by atoms with van der Waals surface area (Å²) >= 11 is 0. The molecular formula is C12H16N4O6. The van der Waals surface area contributed by atoms with Crippen LogP contribution < -0.4 is 10.7 Å². The van der Waals surface area contributed by atoms with Crippen molar-refractivity contribution in [2.24, 2.45) is 5.73 Å². The molecule has 0 aliphatic rings. The molecule has 0 radical (unpaired) electrons. The molecule has 0 amide bonds. The van der Waals surface area contributed by atoms with Crippen molar-refractivity contribution in [3.63, 3.8) is 0 Å². The lowest BCUT2D eigenvalue weighted by Crippen LogP contribution is -2.45. The first-order chi connectivity index (χ1) is 10.3. The number of nitro groups is 2. The molecule has 10 nitrogen and oxygen atoms in total. The number of carboxylic acid groups (broad SMARTS) is 1. The number of nitrogens with two attached hydrogens (primary N) is 1. The van der Waals surface area contributed by atoms with Gasteiger partial charge in [-0.1, -0.05) is 23.2 Å². The summed E-state index contributed by atoms with van der Waals surface area (Å²) in [4.78, 5) is 32.2. The Kier molecular flexibility index (Phi) is 6.20. The second kappa shape index (κ2) is 7.88. The van der Waals surface area contributed by atoms with Gasteiger partial charge in [-0.3, -0.25) is 15.8 Å². The molecule has 1 aromatic rings. The van der Waals surface area contributed by atoms with Crippen LogP contribution >= 0.6 is 0 Å². The van der Waals surface area contributed by atoms with Crippen LogP contribution in [0.5, 0.6) is 0 Å². The number of hydrogen-bond donors (Lipinski definition) is 2. The molecule has 0 aliphatic heterocycles. The van der Waals surface area contributed by atoms with E-state index in [1.165, 1.54) is 12.1 Å². The number of rotatable bonds is 9. The normalized spacial score (nSPS) is 13.1. The molecule has 22 heavy (non-hydrogen) atoms. The van der Waals surface area contributed by atoms with Crippen molar-refractivity contribution in [2.45, 2.75) is 31.5 Å². The largest absolute Gasteiger partial charge is 0.480 e. The number of para-hydroxylation sites is 1. The summed E-state index contributed by atoms with van der Waals surface area (Å²) in [6.07, 6.45) is -1.42. The van der Waals surface area contributed by atoms with Gasteiger partial charge in [-0.25, -0.2) is 14.9 Å². The van der Waals surface area contributed by atoms with Crippen LogP contribution in [0.2, 0.25) is 0 Å². The van der Waals surface area contributed by atoms with Gasteiger partial charge in [0.2, 0.25) is 0 Å². The van der Waals surface area contributed by atoms with Crippen molar-refractivity contribution >= 4 is 11.7 Å². The molecule has 0 saturated carbocycles. The first-order valence-electron chi connectivity index (χ1n) is 6.45. The minimum atomic E-state index is -1.43.